The summed E-state index contributed by atoms with van der Waals surface area (Å²) in [4.78, 5) is 6.73. The van der Waals surface area contributed by atoms with Crippen LogP contribution in [0.25, 0.3) is 0 Å². The second-order valence-corrected chi connectivity index (χ2v) is 6.46. The van der Waals surface area contributed by atoms with Crippen molar-refractivity contribution in [3.05, 3.63) is 65.2 Å². The van der Waals surface area contributed by atoms with E-state index in [1.165, 1.54) is 16.7 Å². The van der Waals surface area contributed by atoms with Gasteiger partial charge in [-0.25, -0.2) is 0 Å². The highest BCUT2D eigenvalue weighted by atomic mass is 127. The van der Waals surface area contributed by atoms with Crippen LogP contribution in [0.5, 0.6) is 0 Å². The van der Waals surface area contributed by atoms with Crippen molar-refractivity contribution in [3.8, 4) is 0 Å². The van der Waals surface area contributed by atoms with Gasteiger partial charge in [0.25, 0.3) is 0 Å². The smallest absolute Gasteiger partial charge is 0.193 e. The van der Waals surface area contributed by atoms with Gasteiger partial charge in [0.1, 0.15) is 0 Å². The monoisotopic (exact) mass is 452 g/mol. The summed E-state index contributed by atoms with van der Waals surface area (Å²) in [6, 6.07) is 17.0. The molecule has 5 heteroatoms. The first-order valence-corrected chi connectivity index (χ1v) is 8.30. The lowest BCUT2D eigenvalue weighted by atomic mass is 10.1. The van der Waals surface area contributed by atoms with Gasteiger partial charge >= 0.3 is 0 Å². The zero-order valence-corrected chi connectivity index (χ0v) is 17.8. The number of nitrogens with two attached hydrogens (primary N) is 1. The first-order chi connectivity index (χ1) is 11.5. The molecular formula is C20H29IN4. The Labute approximate surface area is 168 Å². The number of nitrogens with zero attached hydrogens (tertiary/aromatic N) is 2. The maximum Gasteiger partial charge on any atom is 0.193 e. The van der Waals surface area contributed by atoms with Crippen molar-refractivity contribution in [1.82, 2.24) is 4.90 Å². The van der Waals surface area contributed by atoms with Gasteiger partial charge in [-0.2, -0.15) is 0 Å². The van der Waals surface area contributed by atoms with Crippen LogP contribution >= 0.6 is 24.0 Å². The highest BCUT2D eigenvalue weighted by Gasteiger charge is 2.12. The number of guanidine groups is 1. The minimum atomic E-state index is 0. The summed E-state index contributed by atoms with van der Waals surface area (Å²) in [5.41, 5.74) is 10.9. The number of hydrogen-bond donors (Lipinski definition) is 2. The summed E-state index contributed by atoms with van der Waals surface area (Å²) in [6.07, 6.45) is 0.953. The minimum Gasteiger partial charge on any atom is -0.370 e. The summed E-state index contributed by atoms with van der Waals surface area (Å²) in [5, 5.41) is 3.18. The highest BCUT2D eigenvalue weighted by molar-refractivity contribution is 14.0. The lowest BCUT2D eigenvalue weighted by molar-refractivity contribution is 0.298. The molecule has 0 spiro atoms. The average molecular weight is 452 g/mol. The largest absolute Gasteiger partial charge is 0.370 e. The Morgan fingerprint density at radius 3 is 2.36 bits per heavy atom. The number of halogens is 1. The van der Waals surface area contributed by atoms with Crippen molar-refractivity contribution in [2.45, 2.75) is 26.3 Å². The second kappa shape index (κ2) is 10.4. The van der Waals surface area contributed by atoms with Crippen LogP contribution < -0.4 is 11.1 Å². The molecule has 25 heavy (non-hydrogen) atoms. The van der Waals surface area contributed by atoms with Crippen LogP contribution in [-0.4, -0.2) is 37.5 Å². The van der Waals surface area contributed by atoms with Gasteiger partial charge in [-0.05, 0) is 63.2 Å². The van der Waals surface area contributed by atoms with Gasteiger partial charge in [0.15, 0.2) is 5.96 Å². The Hall–Kier alpha value is -1.60. The molecule has 1 unspecified atom stereocenters. The number of hydrogen-bond acceptors (Lipinski definition) is 2. The molecule has 0 bridgehead atoms. The van der Waals surface area contributed by atoms with Crippen LogP contribution in [0.3, 0.4) is 0 Å². The molecule has 2 aromatic rings. The van der Waals surface area contributed by atoms with E-state index in [-0.39, 0.29) is 24.0 Å². The van der Waals surface area contributed by atoms with Gasteiger partial charge in [0.2, 0.25) is 0 Å². The van der Waals surface area contributed by atoms with Crippen molar-refractivity contribution in [1.29, 1.82) is 0 Å². The lowest BCUT2D eigenvalue weighted by Gasteiger charge is -2.23. The fourth-order valence-corrected chi connectivity index (χ4v) is 2.51. The molecule has 0 fully saturated rings. The molecule has 2 aromatic carbocycles. The number of aliphatic imine (C=N–C) groups is 1. The number of rotatable bonds is 6. The van der Waals surface area contributed by atoms with Crippen molar-refractivity contribution < 1.29 is 0 Å². The summed E-state index contributed by atoms with van der Waals surface area (Å²) in [6.45, 7) is 4.85. The second-order valence-electron chi connectivity index (χ2n) is 6.46. The van der Waals surface area contributed by atoms with Crippen molar-refractivity contribution in [2.75, 3.05) is 26.0 Å². The summed E-state index contributed by atoms with van der Waals surface area (Å²) in [5.74, 6) is 0.457. The molecule has 0 aromatic heterocycles. The number of benzene rings is 2. The molecule has 0 radical (unpaired) electrons. The fourth-order valence-electron chi connectivity index (χ4n) is 2.51. The maximum atomic E-state index is 6.06. The van der Waals surface area contributed by atoms with Gasteiger partial charge < -0.3 is 16.0 Å². The molecule has 0 aliphatic rings. The van der Waals surface area contributed by atoms with Gasteiger partial charge in [-0.15, -0.1) is 24.0 Å². The molecule has 0 aliphatic heterocycles. The van der Waals surface area contributed by atoms with Crippen LogP contribution in [0.15, 0.2) is 53.5 Å². The van der Waals surface area contributed by atoms with Crippen LogP contribution in [0.2, 0.25) is 0 Å². The van der Waals surface area contributed by atoms with Crippen molar-refractivity contribution in [3.63, 3.8) is 0 Å². The first kappa shape index (κ1) is 21.4. The third-order valence-electron chi connectivity index (χ3n) is 4.30. The SMILES string of the molecule is Cc1ccc(NC(N)=NCC(Cc2ccccc2)N(C)C)cc1C.I. The van der Waals surface area contributed by atoms with E-state index in [2.05, 4.69) is 79.6 Å². The fraction of sp³-hybridized carbons (Fsp3) is 0.350. The number of nitrogens with one attached hydrogen (secondary N) is 1. The third kappa shape index (κ3) is 7.04. The van der Waals surface area contributed by atoms with Crippen LogP contribution in [0, 0.1) is 13.8 Å². The van der Waals surface area contributed by atoms with Crippen LogP contribution in [0.1, 0.15) is 16.7 Å². The maximum absolute atomic E-state index is 6.06. The summed E-state index contributed by atoms with van der Waals surface area (Å²) < 4.78 is 0. The minimum absolute atomic E-state index is 0. The van der Waals surface area contributed by atoms with Gasteiger partial charge in [-0.1, -0.05) is 36.4 Å². The van der Waals surface area contributed by atoms with E-state index in [4.69, 9.17) is 5.73 Å². The summed E-state index contributed by atoms with van der Waals surface area (Å²) >= 11 is 0. The number of aryl methyl sites for hydroxylation is 2. The molecule has 0 saturated heterocycles. The van der Waals surface area contributed by atoms with Gasteiger partial charge in [0.05, 0.1) is 6.54 Å². The van der Waals surface area contributed by atoms with E-state index in [1.54, 1.807) is 0 Å². The molecule has 2 rings (SSSR count). The molecule has 1 atom stereocenters. The molecule has 0 aliphatic carbocycles. The Balaban J connectivity index is 0.00000312. The average Bonchev–Trinajstić information content (AvgIpc) is 2.55. The Morgan fingerprint density at radius 1 is 1.08 bits per heavy atom. The quantitative estimate of drug-likeness (QED) is 0.398. The molecular weight excluding hydrogens is 423 g/mol. The Kier molecular flexibility index (Phi) is 8.92. The molecule has 4 nitrogen and oxygen atoms in total. The Morgan fingerprint density at radius 2 is 1.76 bits per heavy atom. The van der Waals surface area contributed by atoms with Gasteiger partial charge in [0, 0.05) is 11.7 Å². The van der Waals surface area contributed by atoms with E-state index in [0.29, 0.717) is 18.5 Å². The lowest BCUT2D eigenvalue weighted by Crippen LogP contribution is -2.34. The molecule has 136 valence electrons. The zero-order valence-electron chi connectivity index (χ0n) is 15.5. The molecule has 0 saturated carbocycles. The highest BCUT2D eigenvalue weighted by Crippen LogP contribution is 2.14. The van der Waals surface area contributed by atoms with Crippen LogP contribution in [-0.2, 0) is 6.42 Å². The van der Waals surface area contributed by atoms with Crippen molar-refractivity contribution >= 4 is 35.6 Å². The number of likely N-dealkylation sites (N-methyl/N-ethyl adjacent to an activating group) is 1. The predicted molar refractivity (Wildman–Crippen MR) is 119 cm³/mol. The van der Waals surface area contributed by atoms with E-state index >= 15 is 0 Å². The zero-order chi connectivity index (χ0) is 17.5. The normalized spacial score (nSPS) is 12.6. The Bertz CT molecular complexity index is 683. The molecule has 3 N–H and O–H groups in total. The van der Waals surface area contributed by atoms with Gasteiger partial charge in [-0.3, -0.25) is 4.99 Å². The molecule has 0 amide bonds. The van der Waals surface area contributed by atoms with Crippen LogP contribution in [0.4, 0.5) is 5.69 Å². The predicted octanol–water partition coefficient (Wildman–Crippen LogP) is 3.82. The molecule has 0 heterocycles. The summed E-state index contributed by atoms with van der Waals surface area (Å²) in [7, 11) is 4.16. The topological polar surface area (TPSA) is 53.6 Å². The van der Waals surface area contributed by atoms with E-state index < -0.39 is 0 Å². The number of anilines is 1. The van der Waals surface area contributed by atoms with E-state index in [9.17, 15) is 0 Å². The first-order valence-electron chi connectivity index (χ1n) is 8.30. The standard InChI is InChI=1S/C20H28N4.HI/c1-15-10-11-18(12-16(15)2)23-20(21)22-14-19(24(3)4)13-17-8-6-5-7-9-17;/h5-12,19H,13-14H2,1-4H3,(H3,21,22,23);1H. The van der Waals surface area contributed by atoms with E-state index in [1.807, 2.05) is 12.1 Å². The van der Waals surface area contributed by atoms with E-state index in [0.717, 1.165) is 12.1 Å². The third-order valence-corrected chi connectivity index (χ3v) is 4.30. The van der Waals surface area contributed by atoms with Crippen molar-refractivity contribution in [2.24, 2.45) is 10.7 Å².